The van der Waals surface area contributed by atoms with E-state index in [-0.39, 0.29) is 17.0 Å². The van der Waals surface area contributed by atoms with E-state index in [1.165, 1.54) is 0 Å². The maximum Gasteiger partial charge on any atom is 0.259 e. The van der Waals surface area contributed by atoms with Crippen LogP contribution in [-0.2, 0) is 6.54 Å². The minimum absolute atomic E-state index is 0.0112. The molecule has 7 nitrogen and oxygen atoms in total. The van der Waals surface area contributed by atoms with E-state index < -0.39 is 5.92 Å². The average Bonchev–Trinajstić information content (AvgIpc) is 2.82. The highest BCUT2D eigenvalue weighted by Gasteiger charge is 2.35. The molecule has 3 aromatic rings. The lowest BCUT2D eigenvalue weighted by molar-refractivity contribution is 0.310. The van der Waals surface area contributed by atoms with E-state index in [1.807, 2.05) is 51.1 Å². The fraction of sp³-hybridized carbons (Fsp3) is 0.259. The Bertz CT molecular complexity index is 1360. The van der Waals surface area contributed by atoms with Gasteiger partial charge in [0, 0.05) is 11.8 Å². The van der Waals surface area contributed by atoms with E-state index in [0.29, 0.717) is 41.5 Å². The molecule has 0 amide bonds. The number of allylic oxidation sites excluding steroid dienone is 1. The summed E-state index contributed by atoms with van der Waals surface area (Å²) in [5.74, 6) is 0.739. The van der Waals surface area contributed by atoms with Gasteiger partial charge in [-0.2, -0.15) is 5.26 Å². The van der Waals surface area contributed by atoms with Gasteiger partial charge in [0.1, 0.15) is 17.4 Å². The lowest BCUT2D eigenvalue weighted by Crippen LogP contribution is -2.33. The lowest BCUT2D eigenvalue weighted by atomic mass is 9.84. The number of aryl methyl sites for hydroxylation is 2. The zero-order chi connectivity index (χ0) is 24.4. The SMILES string of the molecule is CCOc1ccc([C@H]2C(C#N)=C(N)Oc3cc(C)n(Cc4ccc(C)cc4)c(=O)c32)cc1OC. The van der Waals surface area contributed by atoms with Crippen LogP contribution >= 0.6 is 0 Å². The Hall–Kier alpha value is -4.18. The van der Waals surface area contributed by atoms with Crippen LogP contribution in [0.1, 0.15) is 40.8 Å². The molecule has 2 N–H and O–H groups in total. The monoisotopic (exact) mass is 457 g/mol. The Balaban J connectivity index is 1.90. The molecule has 0 spiro atoms. The molecule has 0 radical (unpaired) electrons. The van der Waals surface area contributed by atoms with Crippen molar-refractivity contribution in [3.05, 3.63) is 98.3 Å². The summed E-state index contributed by atoms with van der Waals surface area (Å²) in [6, 6.07) is 17.4. The third-order valence-electron chi connectivity index (χ3n) is 5.97. The first-order valence-electron chi connectivity index (χ1n) is 11.1. The van der Waals surface area contributed by atoms with Crippen LogP contribution in [-0.4, -0.2) is 18.3 Å². The first kappa shape index (κ1) is 23.0. The molecule has 0 saturated heterocycles. The van der Waals surface area contributed by atoms with E-state index >= 15 is 0 Å². The van der Waals surface area contributed by atoms with Gasteiger partial charge in [-0.1, -0.05) is 35.9 Å². The molecule has 1 aliphatic heterocycles. The van der Waals surface area contributed by atoms with Crippen molar-refractivity contribution < 1.29 is 14.2 Å². The molecule has 1 aromatic heterocycles. The highest BCUT2D eigenvalue weighted by Crippen LogP contribution is 2.42. The molecule has 7 heteroatoms. The van der Waals surface area contributed by atoms with E-state index in [1.54, 1.807) is 29.9 Å². The summed E-state index contributed by atoms with van der Waals surface area (Å²) in [6.07, 6.45) is 0. The Morgan fingerprint density at radius 2 is 1.85 bits per heavy atom. The maximum atomic E-state index is 13.8. The number of fused-ring (bicyclic) bond motifs is 1. The molecular weight excluding hydrogens is 430 g/mol. The van der Waals surface area contributed by atoms with Crippen LogP contribution in [0, 0.1) is 25.2 Å². The van der Waals surface area contributed by atoms with Crippen molar-refractivity contribution in [1.29, 1.82) is 5.26 Å². The first-order valence-corrected chi connectivity index (χ1v) is 11.1. The fourth-order valence-electron chi connectivity index (χ4n) is 4.23. The number of hydrogen-bond acceptors (Lipinski definition) is 6. The molecule has 0 aliphatic carbocycles. The van der Waals surface area contributed by atoms with Crippen LogP contribution in [0.5, 0.6) is 17.2 Å². The zero-order valence-corrected chi connectivity index (χ0v) is 19.7. The largest absolute Gasteiger partial charge is 0.493 e. The summed E-state index contributed by atoms with van der Waals surface area (Å²) >= 11 is 0. The lowest BCUT2D eigenvalue weighted by Gasteiger charge is -2.28. The van der Waals surface area contributed by atoms with E-state index in [0.717, 1.165) is 16.8 Å². The summed E-state index contributed by atoms with van der Waals surface area (Å²) in [5.41, 5.74) is 10.0. The smallest absolute Gasteiger partial charge is 0.259 e. The van der Waals surface area contributed by atoms with Crippen LogP contribution in [0.15, 0.2) is 64.8 Å². The van der Waals surface area contributed by atoms with Crippen molar-refractivity contribution in [2.45, 2.75) is 33.2 Å². The molecular formula is C27H27N3O4. The summed E-state index contributed by atoms with van der Waals surface area (Å²) < 4.78 is 18.6. The number of ether oxygens (including phenoxy) is 3. The van der Waals surface area contributed by atoms with Gasteiger partial charge in [0.05, 0.1) is 31.7 Å². The third-order valence-corrected chi connectivity index (χ3v) is 5.97. The first-order chi connectivity index (χ1) is 16.4. The number of methoxy groups -OCH3 is 1. The maximum absolute atomic E-state index is 13.8. The molecule has 174 valence electrons. The topological polar surface area (TPSA) is 99.5 Å². The van der Waals surface area contributed by atoms with Crippen LogP contribution in [0.3, 0.4) is 0 Å². The number of nitrogens with zero attached hydrogens (tertiary/aromatic N) is 2. The Morgan fingerprint density at radius 1 is 1.12 bits per heavy atom. The summed E-state index contributed by atoms with van der Waals surface area (Å²) in [5, 5.41) is 9.93. The summed E-state index contributed by atoms with van der Waals surface area (Å²) in [4.78, 5) is 13.8. The number of benzene rings is 2. The highest BCUT2D eigenvalue weighted by molar-refractivity contribution is 5.57. The number of pyridine rings is 1. The van der Waals surface area contributed by atoms with Gasteiger partial charge in [-0.15, -0.1) is 0 Å². The predicted octanol–water partition coefficient (Wildman–Crippen LogP) is 4.14. The van der Waals surface area contributed by atoms with Crippen molar-refractivity contribution in [3.63, 3.8) is 0 Å². The number of nitriles is 1. The standard InChI is InChI=1S/C27H27N3O4/c1-5-33-21-11-10-19(13-22(21)32-4)24-20(14-28)26(29)34-23-12-17(3)30(27(31)25(23)24)15-18-8-6-16(2)7-9-18/h6-13,24H,5,15,29H2,1-4H3/t24-/m0/s1. The molecule has 0 unspecified atom stereocenters. The normalized spacial score (nSPS) is 14.7. The second-order valence-electron chi connectivity index (χ2n) is 8.21. The van der Waals surface area contributed by atoms with Gasteiger partial charge < -0.3 is 24.5 Å². The average molecular weight is 458 g/mol. The number of nitrogens with two attached hydrogens (primary N) is 1. The van der Waals surface area contributed by atoms with Crippen LogP contribution in [0.4, 0.5) is 0 Å². The van der Waals surface area contributed by atoms with Gasteiger partial charge in [0.15, 0.2) is 11.5 Å². The molecule has 2 heterocycles. The van der Waals surface area contributed by atoms with Crippen molar-refractivity contribution in [2.24, 2.45) is 5.73 Å². The van der Waals surface area contributed by atoms with Gasteiger partial charge in [-0.05, 0) is 44.0 Å². The van der Waals surface area contributed by atoms with Gasteiger partial charge in [0.2, 0.25) is 5.88 Å². The molecule has 1 aliphatic rings. The van der Waals surface area contributed by atoms with Gasteiger partial charge in [-0.25, -0.2) is 0 Å². The minimum atomic E-state index is -0.698. The minimum Gasteiger partial charge on any atom is -0.493 e. The van der Waals surface area contributed by atoms with Crippen LogP contribution in [0.25, 0.3) is 0 Å². The van der Waals surface area contributed by atoms with Crippen LogP contribution in [0.2, 0.25) is 0 Å². The fourth-order valence-corrected chi connectivity index (χ4v) is 4.23. The summed E-state index contributed by atoms with van der Waals surface area (Å²) in [6.45, 7) is 6.65. The summed E-state index contributed by atoms with van der Waals surface area (Å²) in [7, 11) is 1.55. The Labute approximate surface area is 198 Å². The van der Waals surface area contributed by atoms with Crippen molar-refractivity contribution in [1.82, 2.24) is 4.57 Å². The molecule has 0 bridgehead atoms. The van der Waals surface area contributed by atoms with Gasteiger partial charge in [-0.3, -0.25) is 4.79 Å². The second kappa shape index (κ2) is 9.36. The number of rotatable bonds is 6. The molecule has 0 saturated carbocycles. The van der Waals surface area contributed by atoms with Crippen molar-refractivity contribution in [2.75, 3.05) is 13.7 Å². The van der Waals surface area contributed by atoms with Crippen molar-refractivity contribution in [3.8, 4) is 23.3 Å². The third kappa shape index (κ3) is 4.11. The highest BCUT2D eigenvalue weighted by atomic mass is 16.5. The van der Waals surface area contributed by atoms with Gasteiger partial charge >= 0.3 is 0 Å². The predicted molar refractivity (Wildman–Crippen MR) is 129 cm³/mol. The van der Waals surface area contributed by atoms with E-state index in [2.05, 4.69) is 6.07 Å². The van der Waals surface area contributed by atoms with Crippen molar-refractivity contribution >= 4 is 0 Å². The number of aromatic nitrogens is 1. The van der Waals surface area contributed by atoms with Gasteiger partial charge in [0.25, 0.3) is 5.56 Å². The van der Waals surface area contributed by atoms with E-state index in [4.69, 9.17) is 19.9 Å². The molecule has 4 rings (SSSR count). The van der Waals surface area contributed by atoms with E-state index in [9.17, 15) is 10.1 Å². The molecule has 34 heavy (non-hydrogen) atoms. The molecule has 2 aromatic carbocycles. The Morgan fingerprint density at radius 3 is 2.50 bits per heavy atom. The number of hydrogen-bond donors (Lipinski definition) is 1. The molecule has 0 fully saturated rings. The zero-order valence-electron chi connectivity index (χ0n) is 19.7. The second-order valence-corrected chi connectivity index (χ2v) is 8.21. The Kier molecular flexibility index (Phi) is 6.33. The molecule has 1 atom stereocenters. The van der Waals surface area contributed by atoms with Crippen LogP contribution < -0.4 is 25.5 Å². The quantitative estimate of drug-likeness (QED) is 0.597.